The van der Waals surface area contributed by atoms with Crippen LogP contribution < -0.4 is 0 Å². The van der Waals surface area contributed by atoms with Gasteiger partial charge in [0.2, 0.25) is 0 Å². The van der Waals surface area contributed by atoms with Gasteiger partial charge in [0.15, 0.2) is 5.69 Å². The Bertz CT molecular complexity index is 3090. The van der Waals surface area contributed by atoms with Gasteiger partial charge in [-0.2, -0.15) is 5.26 Å². The molecule has 10 aromatic rings. The summed E-state index contributed by atoms with van der Waals surface area (Å²) in [7, 11) is 0. The summed E-state index contributed by atoms with van der Waals surface area (Å²) >= 11 is 0. The van der Waals surface area contributed by atoms with Crippen LogP contribution in [0.4, 0.5) is 5.69 Å². The maximum absolute atomic E-state index is 9.70. The second kappa shape index (κ2) is 10.2. The van der Waals surface area contributed by atoms with Gasteiger partial charge in [-0.25, -0.2) is 4.85 Å². The number of aromatic nitrogens is 2. The Balaban J connectivity index is 1.28. The third-order valence-corrected chi connectivity index (χ3v) is 9.76. The molecule has 0 saturated heterocycles. The summed E-state index contributed by atoms with van der Waals surface area (Å²) in [5.74, 6) is 0. The van der Waals surface area contributed by atoms with Crippen molar-refractivity contribution in [1.82, 2.24) is 9.13 Å². The van der Waals surface area contributed by atoms with Crippen LogP contribution in [-0.4, -0.2) is 9.13 Å². The van der Waals surface area contributed by atoms with E-state index in [1.54, 1.807) is 6.07 Å². The van der Waals surface area contributed by atoms with E-state index in [-0.39, 0.29) is 0 Å². The first-order chi connectivity index (χ1) is 24.2. The molecule has 3 aromatic heterocycles. The van der Waals surface area contributed by atoms with E-state index in [0.717, 1.165) is 88.1 Å². The normalized spacial score (nSPS) is 11.6. The number of furan rings is 1. The summed E-state index contributed by atoms with van der Waals surface area (Å²) in [6.07, 6.45) is 0. The van der Waals surface area contributed by atoms with Crippen molar-refractivity contribution in [1.29, 1.82) is 5.26 Å². The maximum Gasteiger partial charge on any atom is 0.188 e. The van der Waals surface area contributed by atoms with Crippen LogP contribution in [0.2, 0.25) is 0 Å². The van der Waals surface area contributed by atoms with Crippen LogP contribution in [-0.2, 0) is 0 Å². The predicted molar refractivity (Wildman–Crippen MR) is 199 cm³/mol. The Morgan fingerprint density at radius 2 is 1.06 bits per heavy atom. The summed E-state index contributed by atoms with van der Waals surface area (Å²) in [5, 5.41) is 16.0. The Hall–Kier alpha value is -7.08. The van der Waals surface area contributed by atoms with Crippen molar-refractivity contribution < 1.29 is 4.42 Å². The average molecular weight is 625 g/mol. The molecular weight excluding hydrogens is 601 g/mol. The number of rotatable bonds is 3. The molecule has 0 aliphatic heterocycles. The molecule has 10 rings (SSSR count). The van der Waals surface area contributed by atoms with Crippen molar-refractivity contribution in [2.45, 2.75) is 0 Å². The molecule has 0 spiro atoms. The van der Waals surface area contributed by atoms with Crippen LogP contribution in [0.15, 0.2) is 150 Å². The molecule has 0 atom stereocenters. The van der Waals surface area contributed by atoms with Crippen molar-refractivity contribution >= 4 is 71.2 Å². The molecular formula is C44H24N4O. The first-order valence-electron chi connectivity index (χ1n) is 16.1. The van der Waals surface area contributed by atoms with Crippen molar-refractivity contribution in [3.05, 3.63) is 163 Å². The highest BCUT2D eigenvalue weighted by atomic mass is 16.3. The maximum atomic E-state index is 9.70. The van der Waals surface area contributed by atoms with E-state index in [1.807, 2.05) is 24.3 Å². The molecule has 0 amide bonds. The van der Waals surface area contributed by atoms with Crippen LogP contribution in [0, 0.1) is 17.9 Å². The summed E-state index contributed by atoms with van der Waals surface area (Å²) in [4.78, 5) is 3.68. The highest BCUT2D eigenvalue weighted by Crippen LogP contribution is 2.43. The number of hydrogen-bond donors (Lipinski definition) is 0. The largest absolute Gasteiger partial charge is 0.456 e. The van der Waals surface area contributed by atoms with Gasteiger partial charge in [-0.15, -0.1) is 0 Å². The van der Waals surface area contributed by atoms with Crippen molar-refractivity contribution in [3.8, 4) is 28.6 Å². The molecule has 0 aliphatic rings. The number of para-hydroxylation sites is 4. The molecule has 0 bridgehead atoms. The van der Waals surface area contributed by atoms with Gasteiger partial charge in [0, 0.05) is 43.4 Å². The quantitative estimate of drug-likeness (QED) is 0.184. The molecule has 0 N–H and O–H groups in total. The molecule has 0 aliphatic carbocycles. The molecule has 3 heterocycles. The van der Waals surface area contributed by atoms with Gasteiger partial charge in [-0.3, -0.25) is 0 Å². The molecule has 0 radical (unpaired) electrons. The van der Waals surface area contributed by atoms with E-state index < -0.39 is 0 Å². The number of benzene rings is 7. The first-order valence-corrected chi connectivity index (χ1v) is 16.1. The van der Waals surface area contributed by atoms with E-state index >= 15 is 0 Å². The third kappa shape index (κ3) is 3.85. The van der Waals surface area contributed by atoms with E-state index in [9.17, 15) is 5.26 Å². The molecule has 49 heavy (non-hydrogen) atoms. The SMILES string of the molecule is [C-]#[N+]c1ccc2oc3cc4c5ccccc5n(-c5ccccc5-c5ccccc5-n5c6ccccc6c6cc(C#N)ccc65)c4cc3c2c1. The number of nitriles is 1. The lowest BCUT2D eigenvalue weighted by atomic mass is 10.0. The van der Waals surface area contributed by atoms with Crippen LogP contribution in [0.5, 0.6) is 0 Å². The number of fused-ring (bicyclic) bond motifs is 9. The summed E-state index contributed by atoms with van der Waals surface area (Å²) in [5.41, 5.74) is 11.4. The fourth-order valence-corrected chi connectivity index (χ4v) is 7.65. The molecule has 0 fully saturated rings. The van der Waals surface area contributed by atoms with Crippen molar-refractivity contribution in [2.24, 2.45) is 0 Å². The van der Waals surface area contributed by atoms with E-state index in [2.05, 4.69) is 135 Å². The fraction of sp³-hybridized carbons (Fsp3) is 0. The van der Waals surface area contributed by atoms with Crippen LogP contribution in [0.3, 0.4) is 0 Å². The predicted octanol–water partition coefficient (Wildman–Crippen LogP) is 11.9. The number of nitrogens with zero attached hydrogens (tertiary/aromatic N) is 4. The van der Waals surface area contributed by atoms with Gasteiger partial charge in [0.25, 0.3) is 0 Å². The lowest BCUT2D eigenvalue weighted by Crippen LogP contribution is -2.01. The van der Waals surface area contributed by atoms with Crippen molar-refractivity contribution in [2.75, 3.05) is 0 Å². The van der Waals surface area contributed by atoms with Gasteiger partial charge in [0.1, 0.15) is 11.2 Å². The zero-order valence-electron chi connectivity index (χ0n) is 26.1. The zero-order valence-corrected chi connectivity index (χ0v) is 26.1. The summed E-state index contributed by atoms with van der Waals surface area (Å²) < 4.78 is 11.0. The lowest BCUT2D eigenvalue weighted by molar-refractivity contribution is 0.669. The highest BCUT2D eigenvalue weighted by Gasteiger charge is 2.21. The van der Waals surface area contributed by atoms with Crippen molar-refractivity contribution in [3.63, 3.8) is 0 Å². The molecule has 7 aromatic carbocycles. The summed E-state index contributed by atoms with van der Waals surface area (Å²) in [6.45, 7) is 7.59. The van der Waals surface area contributed by atoms with Gasteiger partial charge >= 0.3 is 0 Å². The average Bonchev–Trinajstić information content (AvgIpc) is 3.80. The third-order valence-electron chi connectivity index (χ3n) is 9.76. The second-order valence-corrected chi connectivity index (χ2v) is 12.3. The van der Waals surface area contributed by atoms with E-state index in [1.165, 1.54) is 0 Å². The monoisotopic (exact) mass is 624 g/mol. The summed E-state index contributed by atoms with van der Waals surface area (Å²) in [6, 6.07) is 52.3. The van der Waals surface area contributed by atoms with Gasteiger partial charge in [-0.1, -0.05) is 78.9 Å². The highest BCUT2D eigenvalue weighted by molar-refractivity contribution is 6.18. The minimum atomic E-state index is 0.590. The Kier molecular flexibility index (Phi) is 5.64. The standard InChI is InChI=1S/C44H24N4O/c1-46-28-19-21-43-35(23-28)36-24-42-34(25-44(36)49-43)32-13-5-9-17-40(32)48(42)38-15-7-3-11-30(38)29-10-2-6-14-37(29)47-39-16-8-4-12-31(39)33-22-27(26-45)18-20-41(33)47/h2-25H. The van der Waals surface area contributed by atoms with Crippen LogP contribution >= 0.6 is 0 Å². The van der Waals surface area contributed by atoms with Gasteiger partial charge in [-0.05, 0) is 66.7 Å². The molecule has 5 nitrogen and oxygen atoms in total. The molecule has 0 saturated carbocycles. The topological polar surface area (TPSA) is 51.1 Å². The molecule has 5 heteroatoms. The minimum absolute atomic E-state index is 0.590. The molecule has 0 unspecified atom stereocenters. The Morgan fingerprint density at radius 3 is 1.73 bits per heavy atom. The zero-order chi connectivity index (χ0) is 32.6. The van der Waals surface area contributed by atoms with Crippen LogP contribution in [0.25, 0.3) is 92.9 Å². The van der Waals surface area contributed by atoms with E-state index in [0.29, 0.717) is 11.3 Å². The first kappa shape index (κ1) is 27.1. The Labute approximate surface area is 280 Å². The number of hydrogen-bond acceptors (Lipinski definition) is 2. The fourth-order valence-electron chi connectivity index (χ4n) is 7.65. The second-order valence-electron chi connectivity index (χ2n) is 12.3. The molecule has 226 valence electrons. The van der Waals surface area contributed by atoms with Gasteiger partial charge in [0.05, 0.1) is 51.6 Å². The minimum Gasteiger partial charge on any atom is -0.456 e. The Morgan fingerprint density at radius 1 is 0.490 bits per heavy atom. The smallest absolute Gasteiger partial charge is 0.188 e. The lowest BCUT2D eigenvalue weighted by Gasteiger charge is -2.18. The van der Waals surface area contributed by atoms with Crippen LogP contribution in [0.1, 0.15) is 5.56 Å². The van der Waals surface area contributed by atoms with E-state index in [4.69, 9.17) is 11.0 Å². The van der Waals surface area contributed by atoms with Gasteiger partial charge < -0.3 is 13.6 Å².